The lowest BCUT2D eigenvalue weighted by Crippen LogP contribution is -2.28. The van der Waals surface area contributed by atoms with Crippen molar-refractivity contribution in [1.29, 1.82) is 0 Å². The topological polar surface area (TPSA) is 55.4 Å². The highest BCUT2D eigenvalue weighted by atomic mass is 19.1. The number of ether oxygens (including phenoxy) is 1. The molecule has 0 saturated carbocycles. The first-order valence-electron chi connectivity index (χ1n) is 4.65. The molecule has 0 aliphatic rings. The van der Waals surface area contributed by atoms with Crippen LogP contribution >= 0.6 is 0 Å². The summed E-state index contributed by atoms with van der Waals surface area (Å²) in [6, 6.07) is 4.33. The molecule has 1 aromatic carbocycles. The zero-order valence-electron chi connectivity index (χ0n) is 9.04. The Bertz CT molecular complexity index is 418. The molecule has 86 valence electrons. The van der Waals surface area contributed by atoms with Gasteiger partial charge in [-0.15, -0.1) is 0 Å². The summed E-state index contributed by atoms with van der Waals surface area (Å²) in [6.45, 7) is 1.28. The minimum atomic E-state index is -0.684. The maximum Gasteiger partial charge on any atom is 0.287 e. The van der Waals surface area contributed by atoms with Crippen LogP contribution in [0.4, 0.5) is 4.39 Å². The van der Waals surface area contributed by atoms with Crippen molar-refractivity contribution < 1.29 is 18.7 Å². The highest BCUT2D eigenvalue weighted by molar-refractivity contribution is 6.35. The van der Waals surface area contributed by atoms with Crippen molar-refractivity contribution in [1.82, 2.24) is 5.32 Å². The van der Waals surface area contributed by atoms with Gasteiger partial charge in [0.1, 0.15) is 0 Å². The van der Waals surface area contributed by atoms with Crippen LogP contribution in [0.25, 0.3) is 0 Å². The van der Waals surface area contributed by atoms with E-state index in [4.69, 9.17) is 4.74 Å². The summed E-state index contributed by atoms with van der Waals surface area (Å²) < 4.78 is 18.0. The van der Waals surface area contributed by atoms with Crippen LogP contribution in [0.3, 0.4) is 0 Å². The summed E-state index contributed by atoms with van der Waals surface area (Å²) in [5.41, 5.74) is 0.563. The standard InChI is InChI=1S/C11H12FNO3/c1-7(14)11(15)13-6-8-3-4-10(16-2)9(12)5-8/h3-5H,6H2,1-2H3,(H,13,15). The van der Waals surface area contributed by atoms with Crippen LogP contribution in [0.1, 0.15) is 12.5 Å². The fraction of sp³-hybridized carbons (Fsp3) is 0.273. The molecule has 0 aliphatic carbocycles. The molecular weight excluding hydrogens is 213 g/mol. The third-order valence-corrected chi connectivity index (χ3v) is 1.99. The van der Waals surface area contributed by atoms with Crippen molar-refractivity contribution in [2.45, 2.75) is 13.5 Å². The summed E-state index contributed by atoms with van der Waals surface area (Å²) in [5, 5.41) is 2.37. The van der Waals surface area contributed by atoms with E-state index in [0.29, 0.717) is 5.56 Å². The molecule has 0 saturated heterocycles. The summed E-state index contributed by atoms with van der Waals surface area (Å²) in [4.78, 5) is 21.6. The maximum absolute atomic E-state index is 13.2. The minimum Gasteiger partial charge on any atom is -0.494 e. The predicted molar refractivity (Wildman–Crippen MR) is 55.5 cm³/mol. The third kappa shape index (κ3) is 3.05. The lowest BCUT2D eigenvalue weighted by Gasteiger charge is -2.05. The molecule has 0 spiro atoms. The smallest absolute Gasteiger partial charge is 0.287 e. The lowest BCUT2D eigenvalue weighted by atomic mass is 10.2. The molecule has 1 rings (SSSR count). The van der Waals surface area contributed by atoms with Crippen molar-refractivity contribution in [2.24, 2.45) is 0 Å². The van der Waals surface area contributed by atoms with Crippen molar-refractivity contribution in [3.63, 3.8) is 0 Å². The number of ketones is 1. The van der Waals surface area contributed by atoms with Gasteiger partial charge in [0, 0.05) is 13.5 Å². The van der Waals surface area contributed by atoms with Crippen LogP contribution in [0.2, 0.25) is 0 Å². The van der Waals surface area contributed by atoms with Gasteiger partial charge in [0.25, 0.3) is 5.91 Å². The van der Waals surface area contributed by atoms with Crippen LogP contribution in [0.15, 0.2) is 18.2 Å². The van der Waals surface area contributed by atoms with E-state index in [1.165, 1.54) is 26.2 Å². The number of Topliss-reactive ketones (excluding diaryl/α,β-unsaturated/α-hetero) is 1. The second-order valence-corrected chi connectivity index (χ2v) is 3.21. The molecule has 0 heterocycles. The second kappa shape index (κ2) is 5.25. The molecular formula is C11H12FNO3. The Balaban J connectivity index is 2.65. The van der Waals surface area contributed by atoms with Gasteiger partial charge in [-0.2, -0.15) is 0 Å². The molecule has 0 aromatic heterocycles. The number of rotatable bonds is 4. The zero-order valence-corrected chi connectivity index (χ0v) is 9.04. The Hall–Kier alpha value is -1.91. The largest absolute Gasteiger partial charge is 0.494 e. The summed E-state index contributed by atoms with van der Waals surface area (Å²) in [7, 11) is 1.37. The van der Waals surface area contributed by atoms with Crippen LogP contribution in [0.5, 0.6) is 5.75 Å². The van der Waals surface area contributed by atoms with Gasteiger partial charge in [0.15, 0.2) is 11.6 Å². The van der Waals surface area contributed by atoms with E-state index < -0.39 is 17.5 Å². The highest BCUT2D eigenvalue weighted by Gasteiger charge is 2.08. The van der Waals surface area contributed by atoms with Crippen LogP contribution in [-0.4, -0.2) is 18.8 Å². The molecule has 0 unspecified atom stereocenters. The number of hydrogen-bond acceptors (Lipinski definition) is 3. The average molecular weight is 225 g/mol. The third-order valence-electron chi connectivity index (χ3n) is 1.99. The fourth-order valence-corrected chi connectivity index (χ4v) is 1.13. The van der Waals surface area contributed by atoms with Gasteiger partial charge >= 0.3 is 0 Å². The number of halogens is 1. The Morgan fingerprint density at radius 3 is 2.62 bits per heavy atom. The van der Waals surface area contributed by atoms with E-state index in [0.717, 1.165) is 0 Å². The van der Waals surface area contributed by atoms with Crippen molar-refractivity contribution in [3.05, 3.63) is 29.6 Å². The Morgan fingerprint density at radius 2 is 2.12 bits per heavy atom. The van der Waals surface area contributed by atoms with Crippen LogP contribution in [-0.2, 0) is 16.1 Å². The van der Waals surface area contributed by atoms with Gasteiger partial charge < -0.3 is 10.1 Å². The quantitative estimate of drug-likeness (QED) is 0.779. The zero-order chi connectivity index (χ0) is 12.1. The van der Waals surface area contributed by atoms with Crippen molar-refractivity contribution in [3.8, 4) is 5.75 Å². The van der Waals surface area contributed by atoms with Gasteiger partial charge in [0.05, 0.1) is 7.11 Å². The molecule has 0 fully saturated rings. The first-order chi connectivity index (χ1) is 7.54. The normalized spacial score (nSPS) is 9.69. The summed E-state index contributed by atoms with van der Waals surface area (Å²) in [5.74, 6) is -1.62. The molecule has 16 heavy (non-hydrogen) atoms. The molecule has 1 amide bonds. The van der Waals surface area contributed by atoms with E-state index in [2.05, 4.69) is 5.32 Å². The molecule has 0 atom stereocenters. The first kappa shape index (κ1) is 12.2. The monoisotopic (exact) mass is 225 g/mol. The Labute approximate surface area is 92.4 Å². The molecule has 4 nitrogen and oxygen atoms in total. The molecule has 0 radical (unpaired) electrons. The Morgan fingerprint density at radius 1 is 1.44 bits per heavy atom. The number of methoxy groups -OCH3 is 1. The van der Waals surface area contributed by atoms with Gasteiger partial charge in [-0.1, -0.05) is 6.07 Å². The van der Waals surface area contributed by atoms with E-state index >= 15 is 0 Å². The average Bonchev–Trinajstić information content (AvgIpc) is 2.25. The maximum atomic E-state index is 13.2. The van der Waals surface area contributed by atoms with Gasteiger partial charge in [-0.05, 0) is 17.7 Å². The fourth-order valence-electron chi connectivity index (χ4n) is 1.13. The predicted octanol–water partition coefficient (Wildman–Crippen LogP) is 1.04. The van der Waals surface area contributed by atoms with E-state index in [-0.39, 0.29) is 12.3 Å². The van der Waals surface area contributed by atoms with E-state index in [1.54, 1.807) is 6.07 Å². The van der Waals surface area contributed by atoms with E-state index in [9.17, 15) is 14.0 Å². The minimum absolute atomic E-state index is 0.110. The number of hydrogen-bond donors (Lipinski definition) is 1. The second-order valence-electron chi connectivity index (χ2n) is 3.21. The van der Waals surface area contributed by atoms with Crippen molar-refractivity contribution >= 4 is 11.7 Å². The molecule has 5 heteroatoms. The SMILES string of the molecule is COc1ccc(CNC(=O)C(C)=O)cc1F. The lowest BCUT2D eigenvalue weighted by molar-refractivity contribution is -0.136. The number of amides is 1. The number of carbonyl (C=O) groups is 2. The molecule has 1 aromatic rings. The Kier molecular flexibility index (Phi) is 3.99. The van der Waals surface area contributed by atoms with Crippen LogP contribution in [0, 0.1) is 5.82 Å². The number of nitrogens with one attached hydrogen (secondary N) is 1. The van der Waals surface area contributed by atoms with Crippen LogP contribution < -0.4 is 10.1 Å². The summed E-state index contributed by atoms with van der Waals surface area (Å²) in [6.07, 6.45) is 0. The number of benzene rings is 1. The molecule has 0 aliphatic heterocycles. The van der Waals surface area contributed by atoms with Gasteiger partial charge in [-0.25, -0.2) is 4.39 Å². The van der Waals surface area contributed by atoms with Gasteiger partial charge in [0.2, 0.25) is 5.78 Å². The van der Waals surface area contributed by atoms with Crippen molar-refractivity contribution in [2.75, 3.05) is 7.11 Å². The van der Waals surface area contributed by atoms with Gasteiger partial charge in [-0.3, -0.25) is 9.59 Å². The highest BCUT2D eigenvalue weighted by Crippen LogP contribution is 2.17. The number of carbonyl (C=O) groups excluding carboxylic acids is 2. The molecule has 1 N–H and O–H groups in total. The molecule has 0 bridgehead atoms. The summed E-state index contributed by atoms with van der Waals surface area (Å²) >= 11 is 0. The first-order valence-corrected chi connectivity index (χ1v) is 4.65. The van der Waals surface area contributed by atoms with E-state index in [1.807, 2.05) is 0 Å².